The van der Waals surface area contributed by atoms with Gasteiger partial charge in [0.05, 0.1) is 23.6 Å². The van der Waals surface area contributed by atoms with Crippen molar-refractivity contribution in [1.29, 1.82) is 0 Å². The fourth-order valence-corrected chi connectivity index (χ4v) is 5.59. The monoisotopic (exact) mass is 533 g/mol. The molecule has 0 spiro atoms. The normalized spacial score (nSPS) is 19.4. The minimum absolute atomic E-state index is 0.0654. The van der Waals surface area contributed by atoms with Crippen LogP contribution in [0.5, 0.6) is 0 Å². The van der Waals surface area contributed by atoms with Crippen LogP contribution in [0.3, 0.4) is 0 Å². The maximum absolute atomic E-state index is 13.1. The van der Waals surface area contributed by atoms with Crippen LogP contribution in [0.4, 0.5) is 5.88 Å². The number of anilines is 1. The van der Waals surface area contributed by atoms with Gasteiger partial charge < -0.3 is 14.6 Å². The number of morpholine rings is 1. The molecule has 10 heteroatoms. The van der Waals surface area contributed by atoms with E-state index < -0.39 is 10.0 Å². The Kier molecular flexibility index (Phi) is 6.99. The third-order valence-corrected chi connectivity index (χ3v) is 7.61. The van der Waals surface area contributed by atoms with Crippen LogP contribution in [-0.4, -0.2) is 55.5 Å². The van der Waals surface area contributed by atoms with E-state index >= 15 is 0 Å². The summed E-state index contributed by atoms with van der Waals surface area (Å²) in [5.41, 5.74) is 1.82. The lowest BCUT2D eigenvalue weighted by atomic mass is 10.1. The summed E-state index contributed by atoms with van der Waals surface area (Å²) < 4.78 is 39.5. The van der Waals surface area contributed by atoms with E-state index in [0.29, 0.717) is 17.1 Å². The van der Waals surface area contributed by atoms with Gasteiger partial charge in [0, 0.05) is 34.8 Å². The van der Waals surface area contributed by atoms with Crippen molar-refractivity contribution < 1.29 is 22.5 Å². The fraction of sp³-hybridized carbons (Fsp3) is 0.304. The van der Waals surface area contributed by atoms with Gasteiger partial charge in [-0.15, -0.1) is 0 Å². The highest BCUT2D eigenvalue weighted by Crippen LogP contribution is 2.24. The molecular formula is C23H24BrN3O5S. The van der Waals surface area contributed by atoms with Crippen molar-refractivity contribution in [3.05, 3.63) is 64.6 Å². The predicted molar refractivity (Wildman–Crippen MR) is 128 cm³/mol. The van der Waals surface area contributed by atoms with E-state index in [9.17, 15) is 13.2 Å². The van der Waals surface area contributed by atoms with E-state index in [4.69, 9.17) is 9.26 Å². The molecule has 8 nitrogen and oxygen atoms in total. The number of ether oxygens (including phenoxy) is 1. The Morgan fingerprint density at radius 2 is 1.82 bits per heavy atom. The average Bonchev–Trinajstić information content (AvgIpc) is 3.26. The van der Waals surface area contributed by atoms with E-state index in [1.807, 2.05) is 38.1 Å². The zero-order valence-corrected chi connectivity index (χ0v) is 20.6. The maximum Gasteiger partial charge on any atom is 0.243 e. The summed E-state index contributed by atoms with van der Waals surface area (Å²) >= 11 is 3.39. The third kappa shape index (κ3) is 5.52. The quantitative estimate of drug-likeness (QED) is 0.454. The van der Waals surface area contributed by atoms with E-state index in [-0.39, 0.29) is 42.5 Å². The number of ketones is 1. The first-order chi connectivity index (χ1) is 15.7. The summed E-state index contributed by atoms with van der Waals surface area (Å²) in [5.74, 6) is 0.0821. The van der Waals surface area contributed by atoms with E-state index in [1.165, 1.54) is 16.4 Å². The van der Waals surface area contributed by atoms with Crippen molar-refractivity contribution in [3.63, 3.8) is 0 Å². The standard InChI is InChI=1S/C23H24BrN3O5S/c1-15-13-27(14-16(2)31-15)33(29,30)20-5-3-4-18(10-20)22(28)12-25-23-11-21(26-32-23)17-6-8-19(24)9-7-17/h3-11,15-16,25H,12-14H2,1-2H3. The van der Waals surface area contributed by atoms with Crippen LogP contribution in [0.25, 0.3) is 11.3 Å². The fourth-order valence-electron chi connectivity index (χ4n) is 3.69. The van der Waals surface area contributed by atoms with Gasteiger partial charge in [-0.05, 0) is 38.1 Å². The maximum atomic E-state index is 13.1. The first-order valence-corrected chi connectivity index (χ1v) is 12.7. The van der Waals surface area contributed by atoms with Gasteiger partial charge in [0.1, 0.15) is 5.69 Å². The summed E-state index contributed by atoms with van der Waals surface area (Å²) in [6.45, 7) is 4.17. The molecular weight excluding hydrogens is 510 g/mol. The number of sulfonamides is 1. The van der Waals surface area contributed by atoms with Crippen LogP contribution in [0.2, 0.25) is 0 Å². The van der Waals surface area contributed by atoms with E-state index in [0.717, 1.165) is 10.0 Å². The second-order valence-corrected chi connectivity index (χ2v) is 10.8. The molecule has 174 valence electrons. The third-order valence-electron chi connectivity index (χ3n) is 5.25. The van der Waals surface area contributed by atoms with Gasteiger partial charge in [-0.2, -0.15) is 4.31 Å². The molecule has 1 N–H and O–H groups in total. The molecule has 1 fully saturated rings. The topological polar surface area (TPSA) is 102 Å². The van der Waals surface area contributed by atoms with E-state index in [1.54, 1.807) is 18.2 Å². The number of aromatic nitrogens is 1. The van der Waals surface area contributed by atoms with Crippen LogP contribution in [-0.2, 0) is 14.8 Å². The zero-order chi connectivity index (χ0) is 23.6. The molecule has 33 heavy (non-hydrogen) atoms. The summed E-state index contributed by atoms with van der Waals surface area (Å²) in [6.07, 6.45) is -0.386. The summed E-state index contributed by atoms with van der Waals surface area (Å²) in [6, 6.07) is 15.4. The summed E-state index contributed by atoms with van der Waals surface area (Å²) in [5, 5.41) is 6.93. The number of Topliss-reactive ketones (excluding diaryl/α,β-unsaturated/α-hetero) is 1. The zero-order valence-electron chi connectivity index (χ0n) is 18.2. The lowest BCUT2D eigenvalue weighted by molar-refractivity contribution is -0.0440. The Hall–Kier alpha value is -2.53. The molecule has 3 aromatic rings. The molecule has 0 aliphatic carbocycles. The number of carbonyl (C=O) groups excluding carboxylic acids is 1. The predicted octanol–water partition coefficient (Wildman–Crippen LogP) is 4.20. The number of hydrogen-bond donors (Lipinski definition) is 1. The Morgan fingerprint density at radius 1 is 1.12 bits per heavy atom. The van der Waals surface area contributed by atoms with Crippen molar-refractivity contribution in [3.8, 4) is 11.3 Å². The van der Waals surface area contributed by atoms with Crippen molar-refractivity contribution in [1.82, 2.24) is 9.46 Å². The second kappa shape index (κ2) is 9.76. The average molecular weight is 534 g/mol. The van der Waals surface area contributed by atoms with Gasteiger partial charge >= 0.3 is 0 Å². The highest BCUT2D eigenvalue weighted by atomic mass is 79.9. The molecule has 0 radical (unpaired) electrons. The van der Waals surface area contributed by atoms with Gasteiger partial charge in [0.2, 0.25) is 15.9 Å². The minimum Gasteiger partial charge on any atom is -0.373 e. The lowest BCUT2D eigenvalue weighted by Crippen LogP contribution is -2.48. The van der Waals surface area contributed by atoms with Crippen molar-refractivity contribution >= 4 is 37.6 Å². The summed E-state index contributed by atoms with van der Waals surface area (Å²) in [4.78, 5) is 12.8. The molecule has 1 saturated heterocycles. The molecule has 0 bridgehead atoms. The Bertz CT molecular complexity index is 1230. The van der Waals surface area contributed by atoms with Crippen LogP contribution < -0.4 is 5.32 Å². The van der Waals surface area contributed by atoms with Crippen molar-refractivity contribution in [2.45, 2.75) is 31.0 Å². The SMILES string of the molecule is CC1CN(S(=O)(=O)c2cccc(C(=O)CNc3cc(-c4ccc(Br)cc4)no3)c2)CC(C)O1. The molecule has 2 aromatic carbocycles. The highest BCUT2D eigenvalue weighted by molar-refractivity contribution is 9.10. The van der Waals surface area contributed by atoms with Crippen LogP contribution in [0.15, 0.2) is 68.5 Å². The number of hydrogen-bond acceptors (Lipinski definition) is 7. The van der Waals surface area contributed by atoms with Gasteiger partial charge in [-0.3, -0.25) is 4.79 Å². The highest BCUT2D eigenvalue weighted by Gasteiger charge is 2.32. The van der Waals surface area contributed by atoms with Crippen molar-refractivity contribution in [2.75, 3.05) is 25.0 Å². The molecule has 1 aromatic heterocycles. The van der Waals surface area contributed by atoms with Crippen LogP contribution in [0, 0.1) is 0 Å². The summed E-state index contributed by atoms with van der Waals surface area (Å²) in [7, 11) is -3.73. The molecule has 1 aliphatic heterocycles. The molecule has 0 saturated carbocycles. The molecule has 2 heterocycles. The Balaban J connectivity index is 1.43. The largest absolute Gasteiger partial charge is 0.373 e. The second-order valence-electron chi connectivity index (χ2n) is 7.97. The first kappa shape index (κ1) is 23.6. The van der Waals surface area contributed by atoms with E-state index in [2.05, 4.69) is 26.4 Å². The molecule has 2 unspecified atom stereocenters. The molecule has 0 amide bonds. The number of rotatable bonds is 7. The number of halogens is 1. The Labute approximate surface area is 201 Å². The molecule has 4 rings (SSSR count). The number of carbonyl (C=O) groups is 1. The first-order valence-electron chi connectivity index (χ1n) is 10.5. The van der Waals surface area contributed by atoms with Crippen LogP contribution in [0.1, 0.15) is 24.2 Å². The number of nitrogens with one attached hydrogen (secondary N) is 1. The molecule has 2 atom stereocenters. The van der Waals surface area contributed by atoms with Gasteiger partial charge in [-0.1, -0.05) is 45.4 Å². The van der Waals surface area contributed by atoms with Crippen molar-refractivity contribution in [2.24, 2.45) is 0 Å². The minimum atomic E-state index is -3.73. The number of benzene rings is 2. The molecule has 1 aliphatic rings. The smallest absolute Gasteiger partial charge is 0.243 e. The van der Waals surface area contributed by atoms with Gasteiger partial charge in [0.15, 0.2) is 5.78 Å². The van der Waals surface area contributed by atoms with Gasteiger partial charge in [-0.25, -0.2) is 8.42 Å². The van der Waals surface area contributed by atoms with Crippen LogP contribution >= 0.6 is 15.9 Å². The number of nitrogens with zero attached hydrogens (tertiary/aromatic N) is 2. The Morgan fingerprint density at radius 3 is 2.52 bits per heavy atom. The van der Waals surface area contributed by atoms with Gasteiger partial charge in [0.25, 0.3) is 0 Å². The lowest BCUT2D eigenvalue weighted by Gasteiger charge is -2.34.